The monoisotopic (exact) mass is 264 g/mol. The number of non-ortho nitro benzene ring substituents is 1. The summed E-state index contributed by atoms with van der Waals surface area (Å²) >= 11 is 1.26. The van der Waals surface area contributed by atoms with Crippen LogP contribution in [0.5, 0.6) is 0 Å². The lowest BCUT2D eigenvalue weighted by Crippen LogP contribution is -1.93. The molecule has 0 amide bonds. The molecule has 6 heteroatoms. The van der Waals surface area contributed by atoms with Crippen molar-refractivity contribution in [3.8, 4) is 0 Å². The molecule has 0 aliphatic rings. The van der Waals surface area contributed by atoms with Gasteiger partial charge in [0, 0.05) is 21.9 Å². The molecule has 0 spiro atoms. The van der Waals surface area contributed by atoms with Gasteiger partial charge in [0.05, 0.1) is 10.6 Å². The standard InChI is InChI=1S/C12H9FN2O2S/c13-8-2-1-3-10(6-8)18-12-5-4-9(15(16)17)7-11(12)14/h1-7H,14H2. The first kappa shape index (κ1) is 12.4. The van der Waals surface area contributed by atoms with Gasteiger partial charge in [-0.1, -0.05) is 17.8 Å². The Morgan fingerprint density at radius 1 is 1.22 bits per heavy atom. The molecule has 2 rings (SSSR count). The van der Waals surface area contributed by atoms with Gasteiger partial charge < -0.3 is 5.73 Å². The lowest BCUT2D eigenvalue weighted by molar-refractivity contribution is -0.384. The number of nitrogens with two attached hydrogens (primary N) is 1. The number of benzene rings is 2. The van der Waals surface area contributed by atoms with E-state index in [2.05, 4.69) is 0 Å². The molecule has 0 unspecified atom stereocenters. The molecule has 0 fully saturated rings. The molecule has 0 bridgehead atoms. The highest BCUT2D eigenvalue weighted by atomic mass is 32.2. The number of nitro groups is 1. The zero-order chi connectivity index (χ0) is 13.1. The van der Waals surface area contributed by atoms with E-state index in [1.54, 1.807) is 18.2 Å². The van der Waals surface area contributed by atoms with E-state index in [-0.39, 0.29) is 11.5 Å². The van der Waals surface area contributed by atoms with Gasteiger partial charge in [0.15, 0.2) is 0 Å². The summed E-state index contributed by atoms with van der Waals surface area (Å²) in [5, 5.41) is 10.6. The third kappa shape index (κ3) is 2.78. The van der Waals surface area contributed by atoms with Crippen LogP contribution in [0, 0.1) is 15.9 Å². The number of nitro benzene ring substituents is 1. The fourth-order valence-electron chi connectivity index (χ4n) is 1.40. The molecule has 92 valence electrons. The summed E-state index contributed by atoms with van der Waals surface area (Å²) in [7, 11) is 0. The van der Waals surface area contributed by atoms with E-state index >= 15 is 0 Å². The second-order valence-electron chi connectivity index (χ2n) is 3.54. The number of hydrogen-bond donors (Lipinski definition) is 1. The van der Waals surface area contributed by atoms with Gasteiger partial charge in [-0.15, -0.1) is 0 Å². The maximum absolute atomic E-state index is 13.0. The van der Waals surface area contributed by atoms with Gasteiger partial charge >= 0.3 is 0 Å². The number of nitrogens with zero attached hydrogens (tertiary/aromatic N) is 1. The van der Waals surface area contributed by atoms with Crippen molar-refractivity contribution in [3.63, 3.8) is 0 Å². The molecular formula is C12H9FN2O2S. The summed E-state index contributed by atoms with van der Waals surface area (Å²) in [5.74, 6) is -0.333. The molecule has 0 aromatic heterocycles. The summed E-state index contributed by atoms with van der Waals surface area (Å²) in [5.41, 5.74) is 5.97. The molecule has 2 aromatic carbocycles. The fourth-order valence-corrected chi connectivity index (χ4v) is 2.28. The van der Waals surface area contributed by atoms with Crippen LogP contribution in [0.1, 0.15) is 0 Å². The largest absolute Gasteiger partial charge is 0.398 e. The number of rotatable bonds is 3. The van der Waals surface area contributed by atoms with E-state index in [0.29, 0.717) is 15.5 Å². The van der Waals surface area contributed by atoms with Gasteiger partial charge in [-0.3, -0.25) is 10.1 Å². The van der Waals surface area contributed by atoms with E-state index < -0.39 is 4.92 Å². The highest BCUT2D eigenvalue weighted by molar-refractivity contribution is 7.99. The molecule has 2 aromatic rings. The van der Waals surface area contributed by atoms with Crippen LogP contribution in [-0.2, 0) is 0 Å². The Morgan fingerprint density at radius 3 is 2.61 bits per heavy atom. The van der Waals surface area contributed by atoms with Crippen LogP contribution in [0.3, 0.4) is 0 Å². The van der Waals surface area contributed by atoms with Crippen molar-refractivity contribution < 1.29 is 9.31 Å². The maximum atomic E-state index is 13.0. The number of halogens is 1. The second kappa shape index (κ2) is 5.05. The summed E-state index contributed by atoms with van der Waals surface area (Å²) in [6, 6.07) is 10.3. The third-order valence-electron chi connectivity index (χ3n) is 2.23. The molecule has 0 atom stereocenters. The van der Waals surface area contributed by atoms with E-state index in [1.165, 1.54) is 36.0 Å². The summed E-state index contributed by atoms with van der Waals surface area (Å²) < 4.78 is 13.0. The van der Waals surface area contributed by atoms with Crippen molar-refractivity contribution >= 4 is 23.1 Å². The SMILES string of the molecule is Nc1cc([N+](=O)[O-])ccc1Sc1cccc(F)c1. The Labute approximate surface area is 107 Å². The first-order valence-electron chi connectivity index (χ1n) is 5.03. The average Bonchev–Trinajstić information content (AvgIpc) is 2.31. The Kier molecular flexibility index (Phi) is 3.47. The van der Waals surface area contributed by atoms with Gasteiger partial charge in [-0.05, 0) is 24.3 Å². The Bertz CT molecular complexity index is 604. The molecule has 0 radical (unpaired) electrons. The molecule has 0 aliphatic carbocycles. The first-order chi connectivity index (χ1) is 8.56. The lowest BCUT2D eigenvalue weighted by atomic mass is 10.3. The smallest absolute Gasteiger partial charge is 0.271 e. The zero-order valence-corrected chi connectivity index (χ0v) is 9.99. The average molecular weight is 264 g/mol. The van der Waals surface area contributed by atoms with Crippen LogP contribution in [0.15, 0.2) is 52.3 Å². The third-order valence-corrected chi connectivity index (χ3v) is 3.31. The predicted octanol–water partition coefficient (Wildman–Crippen LogP) is 3.47. The molecular weight excluding hydrogens is 255 g/mol. The minimum absolute atomic E-state index is 0.0592. The second-order valence-corrected chi connectivity index (χ2v) is 4.65. The Morgan fingerprint density at radius 2 is 2.00 bits per heavy atom. The summed E-state index contributed by atoms with van der Waals surface area (Å²) in [6.45, 7) is 0. The minimum Gasteiger partial charge on any atom is -0.398 e. The van der Waals surface area contributed by atoms with Gasteiger partial charge in [-0.25, -0.2) is 4.39 Å². The Hall–Kier alpha value is -2.08. The normalized spacial score (nSPS) is 10.3. The van der Waals surface area contributed by atoms with Crippen molar-refractivity contribution in [3.05, 3.63) is 58.4 Å². The highest BCUT2D eigenvalue weighted by Gasteiger charge is 2.09. The summed E-state index contributed by atoms with van der Waals surface area (Å²) in [6.07, 6.45) is 0. The molecule has 18 heavy (non-hydrogen) atoms. The molecule has 0 saturated carbocycles. The molecule has 2 N–H and O–H groups in total. The number of nitrogen functional groups attached to an aromatic ring is 1. The van der Waals surface area contributed by atoms with Crippen molar-refractivity contribution in [2.24, 2.45) is 0 Å². The van der Waals surface area contributed by atoms with Gasteiger partial charge in [-0.2, -0.15) is 0 Å². The Balaban J connectivity index is 2.27. The summed E-state index contributed by atoms with van der Waals surface area (Å²) in [4.78, 5) is 11.4. The molecule has 0 heterocycles. The van der Waals surface area contributed by atoms with E-state index in [0.717, 1.165) is 0 Å². The van der Waals surface area contributed by atoms with E-state index in [9.17, 15) is 14.5 Å². The quantitative estimate of drug-likeness (QED) is 0.523. The number of hydrogen-bond acceptors (Lipinski definition) is 4. The minimum atomic E-state index is -0.507. The zero-order valence-electron chi connectivity index (χ0n) is 9.17. The van der Waals surface area contributed by atoms with Crippen molar-refractivity contribution in [1.82, 2.24) is 0 Å². The van der Waals surface area contributed by atoms with Crippen molar-refractivity contribution in [1.29, 1.82) is 0 Å². The van der Waals surface area contributed by atoms with Crippen molar-refractivity contribution in [2.75, 3.05) is 5.73 Å². The molecule has 0 saturated heterocycles. The fraction of sp³-hybridized carbons (Fsp3) is 0. The molecule has 4 nitrogen and oxygen atoms in total. The highest BCUT2D eigenvalue weighted by Crippen LogP contribution is 2.34. The van der Waals surface area contributed by atoms with Crippen LogP contribution in [0.2, 0.25) is 0 Å². The van der Waals surface area contributed by atoms with Crippen molar-refractivity contribution in [2.45, 2.75) is 9.79 Å². The molecule has 0 aliphatic heterocycles. The topological polar surface area (TPSA) is 69.2 Å². The maximum Gasteiger partial charge on any atom is 0.271 e. The van der Waals surface area contributed by atoms with Gasteiger partial charge in [0.1, 0.15) is 5.82 Å². The van der Waals surface area contributed by atoms with Crippen LogP contribution in [-0.4, -0.2) is 4.92 Å². The number of anilines is 1. The lowest BCUT2D eigenvalue weighted by Gasteiger charge is -2.05. The van der Waals surface area contributed by atoms with Crippen LogP contribution in [0.4, 0.5) is 15.8 Å². The van der Waals surface area contributed by atoms with Crippen LogP contribution in [0.25, 0.3) is 0 Å². The predicted molar refractivity (Wildman–Crippen MR) is 68.0 cm³/mol. The van der Waals surface area contributed by atoms with E-state index in [4.69, 9.17) is 5.73 Å². The van der Waals surface area contributed by atoms with Gasteiger partial charge in [0.2, 0.25) is 0 Å². The van der Waals surface area contributed by atoms with E-state index in [1.807, 2.05) is 0 Å². The van der Waals surface area contributed by atoms with Crippen LogP contribution >= 0.6 is 11.8 Å². The first-order valence-corrected chi connectivity index (χ1v) is 5.85. The van der Waals surface area contributed by atoms with Gasteiger partial charge in [0.25, 0.3) is 5.69 Å². The van der Waals surface area contributed by atoms with Crippen LogP contribution < -0.4 is 5.73 Å².